The molecule has 4 rings (SSSR count). The fourth-order valence-electron chi connectivity index (χ4n) is 3.83. The summed E-state index contributed by atoms with van der Waals surface area (Å²) in [6.45, 7) is 10.4. The van der Waals surface area contributed by atoms with Gasteiger partial charge < -0.3 is 4.42 Å². The van der Waals surface area contributed by atoms with Gasteiger partial charge in [-0.05, 0) is 61.4 Å². The highest BCUT2D eigenvalue weighted by Gasteiger charge is 2.32. The van der Waals surface area contributed by atoms with Crippen molar-refractivity contribution in [2.45, 2.75) is 39.1 Å². The smallest absolute Gasteiger partial charge is 0.257 e. The van der Waals surface area contributed by atoms with Gasteiger partial charge >= 0.3 is 0 Å². The standard InChI is InChI=1S/C21H26N4O3S2/c1-14-12-15(2)17(4)20(16(14)3)30(26,27)25-9-7-24(8-10-25)13-19-22-23-21(28-19)18-6-5-11-29-18/h5-6,11-12H,7-10,13H2,1-4H3. The van der Waals surface area contributed by atoms with Gasteiger partial charge in [-0.15, -0.1) is 21.5 Å². The molecular formula is C21H26N4O3S2. The minimum absolute atomic E-state index is 0.445. The molecule has 1 fully saturated rings. The third-order valence-corrected chi connectivity index (χ3v) is 8.82. The maximum absolute atomic E-state index is 13.4. The van der Waals surface area contributed by atoms with Gasteiger partial charge in [0.25, 0.3) is 5.89 Å². The molecule has 0 bridgehead atoms. The van der Waals surface area contributed by atoms with Crippen molar-refractivity contribution in [3.63, 3.8) is 0 Å². The first-order valence-corrected chi connectivity index (χ1v) is 12.3. The summed E-state index contributed by atoms with van der Waals surface area (Å²) in [4.78, 5) is 3.56. The predicted octanol–water partition coefficient (Wildman–Crippen LogP) is 3.54. The van der Waals surface area contributed by atoms with E-state index in [0.29, 0.717) is 49.4 Å². The summed E-state index contributed by atoms with van der Waals surface area (Å²) in [6.07, 6.45) is 0. The monoisotopic (exact) mass is 446 g/mol. The quantitative estimate of drug-likeness (QED) is 0.596. The van der Waals surface area contributed by atoms with Crippen LogP contribution in [-0.2, 0) is 16.6 Å². The van der Waals surface area contributed by atoms with Gasteiger partial charge in [-0.2, -0.15) is 4.31 Å². The van der Waals surface area contributed by atoms with Crippen molar-refractivity contribution >= 4 is 21.4 Å². The molecule has 0 unspecified atom stereocenters. The molecule has 1 aliphatic rings. The number of aromatic nitrogens is 2. The Kier molecular flexibility index (Phi) is 5.80. The van der Waals surface area contributed by atoms with Crippen molar-refractivity contribution in [1.29, 1.82) is 0 Å². The van der Waals surface area contributed by atoms with E-state index < -0.39 is 10.0 Å². The molecule has 2 aromatic heterocycles. The van der Waals surface area contributed by atoms with Crippen LogP contribution in [0.2, 0.25) is 0 Å². The van der Waals surface area contributed by atoms with Crippen LogP contribution >= 0.6 is 11.3 Å². The number of hydrogen-bond donors (Lipinski definition) is 0. The minimum Gasteiger partial charge on any atom is -0.419 e. The van der Waals surface area contributed by atoms with Gasteiger partial charge in [-0.3, -0.25) is 4.90 Å². The van der Waals surface area contributed by atoms with E-state index in [-0.39, 0.29) is 0 Å². The van der Waals surface area contributed by atoms with Gasteiger partial charge in [0.2, 0.25) is 15.9 Å². The lowest BCUT2D eigenvalue weighted by Gasteiger charge is -2.34. The Morgan fingerprint density at radius 2 is 1.70 bits per heavy atom. The third-order valence-electron chi connectivity index (χ3n) is 5.78. The second-order valence-electron chi connectivity index (χ2n) is 7.75. The zero-order chi connectivity index (χ0) is 21.5. The number of hydrogen-bond acceptors (Lipinski definition) is 7. The normalized spacial score (nSPS) is 16.3. The topological polar surface area (TPSA) is 79.5 Å². The lowest BCUT2D eigenvalue weighted by molar-refractivity contribution is 0.168. The Morgan fingerprint density at radius 3 is 2.30 bits per heavy atom. The van der Waals surface area contributed by atoms with Crippen LogP contribution in [0.5, 0.6) is 0 Å². The molecule has 0 saturated carbocycles. The maximum atomic E-state index is 13.4. The Labute approximate surface area is 181 Å². The summed E-state index contributed by atoms with van der Waals surface area (Å²) < 4.78 is 34.2. The first kappa shape index (κ1) is 21.2. The number of benzene rings is 1. The molecule has 1 aliphatic heterocycles. The molecule has 0 spiro atoms. The Bertz CT molecular complexity index is 1120. The van der Waals surface area contributed by atoms with E-state index in [1.165, 1.54) is 0 Å². The second kappa shape index (κ2) is 8.22. The van der Waals surface area contributed by atoms with Crippen molar-refractivity contribution in [1.82, 2.24) is 19.4 Å². The fraction of sp³-hybridized carbons (Fsp3) is 0.429. The molecule has 0 atom stereocenters. The highest BCUT2D eigenvalue weighted by molar-refractivity contribution is 7.89. The van der Waals surface area contributed by atoms with Crippen LogP contribution in [0, 0.1) is 27.7 Å². The summed E-state index contributed by atoms with van der Waals surface area (Å²) in [5, 5.41) is 10.2. The Hall–Kier alpha value is -2.07. The van der Waals surface area contributed by atoms with E-state index in [9.17, 15) is 8.42 Å². The molecule has 1 aromatic carbocycles. The average Bonchev–Trinajstić information content (AvgIpc) is 3.39. The molecular weight excluding hydrogens is 420 g/mol. The van der Waals surface area contributed by atoms with Gasteiger partial charge in [0.05, 0.1) is 16.3 Å². The van der Waals surface area contributed by atoms with Crippen LogP contribution in [0.3, 0.4) is 0 Å². The molecule has 0 amide bonds. The molecule has 3 heterocycles. The van der Waals surface area contributed by atoms with Crippen LogP contribution in [0.25, 0.3) is 10.8 Å². The van der Waals surface area contributed by atoms with Gasteiger partial charge in [-0.25, -0.2) is 8.42 Å². The van der Waals surface area contributed by atoms with Crippen LogP contribution in [0.1, 0.15) is 28.1 Å². The van der Waals surface area contributed by atoms with Crippen molar-refractivity contribution in [2.24, 2.45) is 0 Å². The van der Waals surface area contributed by atoms with Gasteiger partial charge in [-0.1, -0.05) is 12.1 Å². The summed E-state index contributed by atoms with van der Waals surface area (Å²) in [6, 6.07) is 5.95. The summed E-state index contributed by atoms with van der Waals surface area (Å²) in [5.41, 5.74) is 3.70. The third kappa shape index (κ3) is 3.94. The van der Waals surface area contributed by atoms with E-state index in [1.54, 1.807) is 15.6 Å². The van der Waals surface area contributed by atoms with Crippen LogP contribution in [0.15, 0.2) is 32.9 Å². The molecule has 160 valence electrons. The molecule has 30 heavy (non-hydrogen) atoms. The summed E-state index contributed by atoms with van der Waals surface area (Å²) >= 11 is 1.56. The molecule has 1 saturated heterocycles. The minimum atomic E-state index is -3.53. The first-order valence-electron chi connectivity index (χ1n) is 9.93. The fourth-order valence-corrected chi connectivity index (χ4v) is 6.48. The van der Waals surface area contributed by atoms with Gasteiger partial charge in [0, 0.05) is 26.2 Å². The predicted molar refractivity (Wildman–Crippen MR) is 117 cm³/mol. The highest BCUT2D eigenvalue weighted by Crippen LogP contribution is 2.29. The van der Waals surface area contributed by atoms with E-state index in [0.717, 1.165) is 27.1 Å². The lowest BCUT2D eigenvalue weighted by Crippen LogP contribution is -2.48. The summed E-state index contributed by atoms with van der Waals surface area (Å²) in [7, 11) is -3.53. The SMILES string of the molecule is Cc1cc(C)c(C)c(S(=O)(=O)N2CCN(Cc3nnc(-c4cccs4)o3)CC2)c1C. The number of sulfonamides is 1. The van der Waals surface area contributed by atoms with E-state index >= 15 is 0 Å². The lowest BCUT2D eigenvalue weighted by atomic mass is 10.0. The van der Waals surface area contributed by atoms with Crippen LogP contribution in [0.4, 0.5) is 0 Å². The van der Waals surface area contributed by atoms with Crippen molar-refractivity contribution in [3.05, 3.63) is 51.7 Å². The molecule has 0 N–H and O–H groups in total. The largest absolute Gasteiger partial charge is 0.419 e. The van der Waals surface area contributed by atoms with Crippen LogP contribution < -0.4 is 0 Å². The number of aryl methyl sites for hydroxylation is 2. The van der Waals surface area contributed by atoms with Crippen LogP contribution in [-0.4, -0.2) is 54.0 Å². The van der Waals surface area contributed by atoms with E-state index in [4.69, 9.17) is 4.42 Å². The average molecular weight is 447 g/mol. The molecule has 3 aromatic rings. The zero-order valence-corrected chi connectivity index (χ0v) is 19.3. The molecule has 7 nitrogen and oxygen atoms in total. The van der Waals surface area contributed by atoms with Crippen molar-refractivity contribution in [2.75, 3.05) is 26.2 Å². The second-order valence-corrected chi connectivity index (χ2v) is 10.6. The van der Waals surface area contributed by atoms with Crippen molar-refractivity contribution in [3.8, 4) is 10.8 Å². The number of piperazine rings is 1. The highest BCUT2D eigenvalue weighted by atomic mass is 32.2. The molecule has 0 aliphatic carbocycles. The number of thiophene rings is 1. The summed E-state index contributed by atoms with van der Waals surface area (Å²) in [5.74, 6) is 1.08. The Morgan fingerprint density at radius 1 is 1.03 bits per heavy atom. The number of rotatable bonds is 5. The Balaban J connectivity index is 1.45. The number of nitrogens with zero attached hydrogens (tertiary/aromatic N) is 4. The van der Waals surface area contributed by atoms with Crippen molar-refractivity contribution < 1.29 is 12.8 Å². The molecule has 9 heteroatoms. The van der Waals surface area contributed by atoms with Gasteiger partial charge in [0.1, 0.15) is 0 Å². The van der Waals surface area contributed by atoms with Gasteiger partial charge in [0.15, 0.2) is 0 Å². The zero-order valence-electron chi connectivity index (χ0n) is 17.7. The van der Waals surface area contributed by atoms with E-state index in [1.807, 2.05) is 45.2 Å². The van der Waals surface area contributed by atoms with E-state index in [2.05, 4.69) is 21.2 Å². The maximum Gasteiger partial charge on any atom is 0.257 e. The molecule has 0 radical (unpaired) electrons. The first-order chi connectivity index (χ1) is 14.3.